The molecule has 0 aliphatic carbocycles. The number of carbonyl (C=O) groups is 1. The average Bonchev–Trinajstić information content (AvgIpc) is 2.46. The Labute approximate surface area is 133 Å². The fourth-order valence-corrected chi connectivity index (χ4v) is 3.08. The molecule has 114 valence electrons. The Morgan fingerprint density at radius 2 is 2.32 bits per heavy atom. The molecule has 1 atom stereocenters. The predicted molar refractivity (Wildman–Crippen MR) is 85.2 cm³/mol. The number of nitrogens with zero attached hydrogens (tertiary/aromatic N) is 1. The molecule has 0 saturated carbocycles. The summed E-state index contributed by atoms with van der Waals surface area (Å²) in [5.74, 6) is -0.185. The lowest BCUT2D eigenvalue weighted by Crippen LogP contribution is -2.30. The van der Waals surface area contributed by atoms with Gasteiger partial charge < -0.3 is 15.2 Å². The van der Waals surface area contributed by atoms with Gasteiger partial charge in [0.1, 0.15) is 0 Å². The maximum absolute atomic E-state index is 11.9. The van der Waals surface area contributed by atoms with Crippen molar-refractivity contribution in [3.05, 3.63) is 45.8 Å². The number of phenols is 1. The number of carbonyl (C=O) groups excluding carboxylic acids is 1. The first kappa shape index (κ1) is 16.0. The van der Waals surface area contributed by atoms with Gasteiger partial charge in [0.2, 0.25) is 5.91 Å². The van der Waals surface area contributed by atoms with Crippen molar-refractivity contribution >= 4 is 17.7 Å². The summed E-state index contributed by atoms with van der Waals surface area (Å²) >= 11 is 1.27. The van der Waals surface area contributed by atoms with Crippen LogP contribution in [0.5, 0.6) is 11.5 Å². The van der Waals surface area contributed by atoms with Gasteiger partial charge >= 0.3 is 0 Å². The van der Waals surface area contributed by atoms with Crippen LogP contribution in [-0.4, -0.2) is 18.1 Å². The molecule has 1 amide bonds. The maximum atomic E-state index is 11.9. The smallest absolute Gasteiger partial charge is 0.225 e. The van der Waals surface area contributed by atoms with E-state index in [0.717, 1.165) is 10.5 Å². The van der Waals surface area contributed by atoms with Gasteiger partial charge in [0.15, 0.2) is 11.5 Å². The molecule has 1 aromatic carbocycles. The molecule has 0 saturated heterocycles. The third-order valence-corrected chi connectivity index (χ3v) is 4.11. The van der Waals surface area contributed by atoms with Gasteiger partial charge in [-0.25, -0.2) is 0 Å². The van der Waals surface area contributed by atoms with Crippen LogP contribution in [0.3, 0.4) is 0 Å². The van der Waals surface area contributed by atoms with Gasteiger partial charge in [0.05, 0.1) is 23.8 Å². The molecule has 1 heterocycles. The Bertz CT molecular complexity index is 704. The first-order chi connectivity index (χ1) is 10.5. The summed E-state index contributed by atoms with van der Waals surface area (Å²) < 4.78 is 5.09. The van der Waals surface area contributed by atoms with Gasteiger partial charge in [-0.05, 0) is 29.5 Å². The van der Waals surface area contributed by atoms with Crippen LogP contribution in [0.25, 0.3) is 0 Å². The number of methoxy groups -OCH3 is 1. The Balaban J connectivity index is 2.50. The fourth-order valence-electron chi connectivity index (χ4n) is 2.27. The van der Waals surface area contributed by atoms with Crippen molar-refractivity contribution in [2.75, 3.05) is 7.11 Å². The van der Waals surface area contributed by atoms with E-state index < -0.39 is 0 Å². The number of benzene rings is 1. The van der Waals surface area contributed by atoms with Crippen molar-refractivity contribution in [1.29, 1.82) is 5.26 Å². The van der Waals surface area contributed by atoms with E-state index in [1.54, 1.807) is 12.1 Å². The van der Waals surface area contributed by atoms with Crippen LogP contribution in [0.1, 0.15) is 24.8 Å². The molecule has 0 bridgehead atoms. The van der Waals surface area contributed by atoms with Crippen LogP contribution >= 0.6 is 11.8 Å². The van der Waals surface area contributed by atoms with Crippen molar-refractivity contribution in [2.45, 2.75) is 19.3 Å². The number of ether oxygens (including phenoxy) is 1. The molecule has 22 heavy (non-hydrogen) atoms. The summed E-state index contributed by atoms with van der Waals surface area (Å²) in [4.78, 5) is 12.7. The number of nitrogens with one attached hydrogen (secondary N) is 1. The highest BCUT2D eigenvalue weighted by atomic mass is 32.2. The van der Waals surface area contributed by atoms with E-state index in [0.29, 0.717) is 16.4 Å². The lowest BCUT2D eigenvalue weighted by molar-refractivity contribution is -0.120. The number of hydrogen-bond acceptors (Lipinski definition) is 5. The standard InChI is InChI=1S/C16H16N2O3S/c1-9(2)22-16-12(8-17)11(7-15(20)18-16)10-4-5-13(19)14(6-10)21-3/h4-6,11,19H,1,7H2,2-3H3,(H,18,20). The second kappa shape index (κ2) is 6.58. The summed E-state index contributed by atoms with van der Waals surface area (Å²) in [6.07, 6.45) is 0.178. The molecule has 6 heteroatoms. The van der Waals surface area contributed by atoms with Gasteiger partial charge in [0, 0.05) is 12.3 Å². The van der Waals surface area contributed by atoms with Crippen LogP contribution < -0.4 is 10.1 Å². The summed E-state index contributed by atoms with van der Waals surface area (Å²) in [7, 11) is 1.45. The zero-order valence-corrected chi connectivity index (χ0v) is 13.2. The molecule has 0 aromatic heterocycles. The Hall–Kier alpha value is -2.39. The van der Waals surface area contributed by atoms with Crippen LogP contribution in [0, 0.1) is 11.3 Å². The van der Waals surface area contributed by atoms with Crippen molar-refractivity contribution in [3.63, 3.8) is 0 Å². The van der Waals surface area contributed by atoms with Crippen molar-refractivity contribution in [2.24, 2.45) is 0 Å². The normalized spacial score (nSPS) is 17.7. The number of hydrogen-bond donors (Lipinski definition) is 2. The third kappa shape index (κ3) is 3.26. The molecule has 1 aliphatic heterocycles. The van der Waals surface area contributed by atoms with Crippen molar-refractivity contribution in [3.8, 4) is 17.6 Å². The lowest BCUT2D eigenvalue weighted by Gasteiger charge is -2.25. The highest BCUT2D eigenvalue weighted by Crippen LogP contribution is 2.39. The summed E-state index contributed by atoms with van der Waals surface area (Å²) in [5.41, 5.74) is 1.24. The topological polar surface area (TPSA) is 82.3 Å². The predicted octanol–water partition coefficient (Wildman–Crippen LogP) is 3.01. The minimum atomic E-state index is -0.366. The first-order valence-corrected chi connectivity index (χ1v) is 7.42. The number of thioether (sulfide) groups is 1. The zero-order chi connectivity index (χ0) is 16.3. The van der Waals surface area contributed by atoms with Crippen LogP contribution in [-0.2, 0) is 4.79 Å². The second-order valence-corrected chi connectivity index (χ2v) is 6.20. The van der Waals surface area contributed by atoms with E-state index in [-0.39, 0.29) is 24.0 Å². The molecule has 1 aliphatic rings. The molecule has 0 fully saturated rings. The van der Waals surface area contributed by atoms with E-state index in [2.05, 4.69) is 18.0 Å². The summed E-state index contributed by atoms with van der Waals surface area (Å²) in [6.45, 7) is 5.61. The maximum Gasteiger partial charge on any atom is 0.225 e. The SMILES string of the molecule is C=C(C)SC1=C(C#N)C(c2ccc(O)c(OC)c2)CC(=O)N1. The highest BCUT2D eigenvalue weighted by molar-refractivity contribution is 8.06. The summed E-state index contributed by atoms with van der Waals surface area (Å²) in [5, 5.41) is 22.4. The largest absolute Gasteiger partial charge is 0.504 e. The molecule has 1 aromatic rings. The quantitative estimate of drug-likeness (QED) is 0.892. The number of amides is 1. The minimum absolute atomic E-state index is 0.0190. The van der Waals surface area contributed by atoms with E-state index in [4.69, 9.17) is 4.74 Å². The van der Waals surface area contributed by atoms with Crippen LogP contribution in [0.4, 0.5) is 0 Å². The molecular formula is C16H16N2O3S. The number of allylic oxidation sites excluding steroid dienone is 2. The van der Waals surface area contributed by atoms with Crippen molar-refractivity contribution < 1.29 is 14.6 Å². The van der Waals surface area contributed by atoms with Crippen LogP contribution in [0.2, 0.25) is 0 Å². The van der Waals surface area contributed by atoms with E-state index in [1.807, 2.05) is 6.92 Å². The average molecular weight is 316 g/mol. The molecule has 2 N–H and O–H groups in total. The third-order valence-electron chi connectivity index (χ3n) is 3.24. The Morgan fingerprint density at radius 1 is 1.59 bits per heavy atom. The summed E-state index contributed by atoms with van der Waals surface area (Å²) in [6, 6.07) is 7.03. The van der Waals surface area contributed by atoms with Gasteiger partial charge in [-0.3, -0.25) is 4.79 Å². The van der Waals surface area contributed by atoms with E-state index in [1.165, 1.54) is 24.9 Å². The van der Waals surface area contributed by atoms with Crippen LogP contribution in [0.15, 0.2) is 40.3 Å². The van der Waals surface area contributed by atoms with Gasteiger partial charge in [0.25, 0.3) is 0 Å². The first-order valence-electron chi connectivity index (χ1n) is 6.60. The molecular weight excluding hydrogens is 300 g/mol. The number of nitriles is 1. The van der Waals surface area contributed by atoms with E-state index in [9.17, 15) is 15.2 Å². The lowest BCUT2D eigenvalue weighted by atomic mass is 9.87. The Kier molecular flexibility index (Phi) is 4.78. The Morgan fingerprint density at radius 3 is 2.91 bits per heavy atom. The second-order valence-electron chi connectivity index (χ2n) is 4.89. The zero-order valence-electron chi connectivity index (χ0n) is 12.3. The molecule has 5 nitrogen and oxygen atoms in total. The van der Waals surface area contributed by atoms with Gasteiger partial charge in [-0.1, -0.05) is 24.4 Å². The molecule has 0 spiro atoms. The fraction of sp³-hybridized carbons (Fsp3) is 0.250. The molecule has 2 rings (SSSR count). The number of phenolic OH excluding ortho intramolecular Hbond substituents is 1. The monoisotopic (exact) mass is 316 g/mol. The van der Waals surface area contributed by atoms with E-state index >= 15 is 0 Å². The molecule has 1 unspecified atom stereocenters. The van der Waals surface area contributed by atoms with Crippen molar-refractivity contribution in [1.82, 2.24) is 5.32 Å². The van der Waals surface area contributed by atoms with Gasteiger partial charge in [-0.15, -0.1) is 0 Å². The minimum Gasteiger partial charge on any atom is -0.504 e. The number of rotatable bonds is 4. The molecule has 0 radical (unpaired) electrons. The highest BCUT2D eigenvalue weighted by Gasteiger charge is 2.30. The van der Waals surface area contributed by atoms with Gasteiger partial charge in [-0.2, -0.15) is 5.26 Å². The number of aromatic hydroxyl groups is 1.